The standard InChI is InChI=1S/C7H8O3/c1-10-7(4-5-7)3-2-6(8)9/h4-5H2,1H3,(H,8,9). The number of carboxylic acid groups (broad SMARTS) is 1. The van der Waals surface area contributed by atoms with Crippen LogP contribution in [0.1, 0.15) is 12.8 Å². The van der Waals surface area contributed by atoms with Crippen molar-refractivity contribution in [3.63, 3.8) is 0 Å². The fourth-order valence-electron chi connectivity index (χ4n) is 0.661. The molecule has 0 aromatic carbocycles. The van der Waals surface area contributed by atoms with Gasteiger partial charge in [0.15, 0.2) is 0 Å². The summed E-state index contributed by atoms with van der Waals surface area (Å²) in [6, 6.07) is 0. The number of aliphatic carboxylic acids is 1. The molecular formula is C7H8O3. The van der Waals surface area contributed by atoms with E-state index in [4.69, 9.17) is 9.84 Å². The SMILES string of the molecule is COC1(C#CC(=O)O)CC1. The van der Waals surface area contributed by atoms with Crippen LogP contribution in [-0.2, 0) is 9.53 Å². The number of methoxy groups -OCH3 is 1. The number of carbonyl (C=O) groups is 1. The number of hydrogen-bond donors (Lipinski definition) is 1. The monoisotopic (exact) mass is 140 g/mol. The highest BCUT2D eigenvalue weighted by atomic mass is 16.5. The minimum absolute atomic E-state index is 0.418. The molecule has 0 saturated heterocycles. The fraction of sp³-hybridized carbons (Fsp3) is 0.571. The topological polar surface area (TPSA) is 46.5 Å². The van der Waals surface area contributed by atoms with Gasteiger partial charge < -0.3 is 9.84 Å². The van der Waals surface area contributed by atoms with Crippen molar-refractivity contribution in [2.45, 2.75) is 18.4 Å². The van der Waals surface area contributed by atoms with Gasteiger partial charge in [0, 0.05) is 13.0 Å². The summed E-state index contributed by atoms with van der Waals surface area (Å²) >= 11 is 0. The molecule has 3 heteroatoms. The van der Waals surface area contributed by atoms with E-state index < -0.39 is 11.6 Å². The minimum Gasteiger partial charge on any atom is -0.472 e. The third kappa shape index (κ3) is 1.49. The van der Waals surface area contributed by atoms with Gasteiger partial charge in [0.05, 0.1) is 0 Å². The van der Waals surface area contributed by atoms with Crippen molar-refractivity contribution >= 4 is 5.97 Å². The first-order chi connectivity index (χ1) is 4.68. The van der Waals surface area contributed by atoms with E-state index in [1.54, 1.807) is 7.11 Å². The summed E-state index contributed by atoms with van der Waals surface area (Å²) in [5, 5.41) is 8.17. The summed E-state index contributed by atoms with van der Waals surface area (Å²) in [6.45, 7) is 0. The van der Waals surface area contributed by atoms with Crippen LogP contribution in [-0.4, -0.2) is 23.8 Å². The van der Waals surface area contributed by atoms with Gasteiger partial charge in [-0.1, -0.05) is 5.92 Å². The molecule has 10 heavy (non-hydrogen) atoms. The predicted octanol–water partition coefficient (Wildman–Crippen LogP) is 0.253. The molecule has 0 bridgehead atoms. The lowest BCUT2D eigenvalue weighted by Gasteiger charge is -2.00. The molecule has 0 atom stereocenters. The molecule has 54 valence electrons. The van der Waals surface area contributed by atoms with Crippen LogP contribution in [0.2, 0.25) is 0 Å². The van der Waals surface area contributed by atoms with E-state index in [-0.39, 0.29) is 0 Å². The second-order valence-electron chi connectivity index (χ2n) is 2.25. The maximum absolute atomic E-state index is 9.96. The largest absolute Gasteiger partial charge is 0.472 e. The average Bonchev–Trinajstić information content (AvgIpc) is 2.64. The first-order valence-corrected chi connectivity index (χ1v) is 3.00. The van der Waals surface area contributed by atoms with Gasteiger partial charge in [-0.05, 0) is 12.8 Å². The van der Waals surface area contributed by atoms with Crippen LogP contribution < -0.4 is 0 Å². The molecule has 1 aliphatic rings. The van der Waals surface area contributed by atoms with Gasteiger partial charge in [-0.25, -0.2) is 4.79 Å². The van der Waals surface area contributed by atoms with Crippen LogP contribution in [0.15, 0.2) is 0 Å². The number of carboxylic acids is 1. The summed E-state index contributed by atoms with van der Waals surface area (Å²) in [6.07, 6.45) is 1.70. The highest BCUT2D eigenvalue weighted by Gasteiger charge is 2.41. The first-order valence-electron chi connectivity index (χ1n) is 3.00. The molecule has 0 aromatic heterocycles. The molecule has 1 rings (SSSR count). The molecule has 0 heterocycles. The molecule has 0 unspecified atom stereocenters. The molecule has 1 aliphatic carbocycles. The maximum Gasteiger partial charge on any atom is 0.382 e. The summed E-state index contributed by atoms with van der Waals surface area (Å²) in [4.78, 5) is 9.96. The fourth-order valence-corrected chi connectivity index (χ4v) is 0.661. The first kappa shape index (κ1) is 7.10. The van der Waals surface area contributed by atoms with Gasteiger partial charge in [0.1, 0.15) is 5.60 Å². The Balaban J connectivity index is 2.54. The van der Waals surface area contributed by atoms with E-state index in [0.29, 0.717) is 0 Å². The van der Waals surface area contributed by atoms with Crippen LogP contribution in [0.25, 0.3) is 0 Å². The maximum atomic E-state index is 9.96. The molecule has 0 radical (unpaired) electrons. The normalized spacial score (nSPS) is 18.9. The van der Waals surface area contributed by atoms with E-state index in [1.165, 1.54) is 0 Å². The second-order valence-corrected chi connectivity index (χ2v) is 2.25. The summed E-state index contributed by atoms with van der Waals surface area (Å²) < 4.78 is 4.96. The Morgan fingerprint density at radius 1 is 1.70 bits per heavy atom. The zero-order valence-electron chi connectivity index (χ0n) is 5.68. The Morgan fingerprint density at radius 3 is 2.60 bits per heavy atom. The minimum atomic E-state index is -1.09. The predicted molar refractivity (Wildman–Crippen MR) is 34.4 cm³/mol. The van der Waals surface area contributed by atoms with Crippen molar-refractivity contribution in [1.82, 2.24) is 0 Å². The summed E-state index contributed by atoms with van der Waals surface area (Å²) in [5.41, 5.74) is -0.418. The highest BCUT2D eigenvalue weighted by Crippen LogP contribution is 2.37. The van der Waals surface area contributed by atoms with Gasteiger partial charge in [0.2, 0.25) is 0 Å². The van der Waals surface area contributed by atoms with Crippen molar-refractivity contribution in [3.05, 3.63) is 0 Å². The molecule has 3 nitrogen and oxygen atoms in total. The van der Waals surface area contributed by atoms with E-state index in [9.17, 15) is 4.79 Å². The zero-order chi connectivity index (χ0) is 7.61. The van der Waals surface area contributed by atoms with Crippen molar-refractivity contribution in [1.29, 1.82) is 0 Å². The molecule has 0 amide bonds. The van der Waals surface area contributed by atoms with Crippen molar-refractivity contribution < 1.29 is 14.6 Å². The Kier molecular flexibility index (Phi) is 1.64. The Labute approximate surface area is 59.0 Å². The van der Waals surface area contributed by atoms with Crippen molar-refractivity contribution in [2.75, 3.05) is 7.11 Å². The molecule has 1 fully saturated rings. The third-order valence-electron chi connectivity index (χ3n) is 1.49. The second kappa shape index (κ2) is 2.31. The quantitative estimate of drug-likeness (QED) is 0.531. The number of hydrogen-bond acceptors (Lipinski definition) is 2. The Hall–Kier alpha value is -1.01. The molecular weight excluding hydrogens is 132 g/mol. The van der Waals surface area contributed by atoms with Crippen LogP contribution >= 0.6 is 0 Å². The summed E-state index contributed by atoms with van der Waals surface area (Å²) in [7, 11) is 1.55. The smallest absolute Gasteiger partial charge is 0.382 e. The van der Waals surface area contributed by atoms with Gasteiger partial charge >= 0.3 is 5.97 Å². The molecule has 0 aromatic rings. The van der Waals surface area contributed by atoms with Crippen LogP contribution in [0.4, 0.5) is 0 Å². The lowest BCUT2D eigenvalue weighted by molar-refractivity contribution is -0.130. The van der Waals surface area contributed by atoms with Crippen LogP contribution in [0.5, 0.6) is 0 Å². The zero-order valence-corrected chi connectivity index (χ0v) is 5.68. The average molecular weight is 140 g/mol. The van der Waals surface area contributed by atoms with Crippen molar-refractivity contribution in [2.24, 2.45) is 0 Å². The van der Waals surface area contributed by atoms with E-state index in [2.05, 4.69) is 5.92 Å². The van der Waals surface area contributed by atoms with E-state index in [0.717, 1.165) is 12.8 Å². The van der Waals surface area contributed by atoms with E-state index in [1.807, 2.05) is 5.92 Å². The molecule has 0 aliphatic heterocycles. The third-order valence-corrected chi connectivity index (χ3v) is 1.49. The summed E-state index contributed by atoms with van der Waals surface area (Å²) in [5.74, 6) is 3.49. The molecule has 1 N–H and O–H groups in total. The molecule has 1 saturated carbocycles. The highest BCUT2D eigenvalue weighted by molar-refractivity contribution is 5.86. The molecule has 0 spiro atoms. The Morgan fingerprint density at radius 2 is 2.30 bits per heavy atom. The van der Waals surface area contributed by atoms with Gasteiger partial charge in [-0.2, -0.15) is 0 Å². The number of rotatable bonds is 1. The lowest BCUT2D eigenvalue weighted by Crippen LogP contribution is -2.07. The van der Waals surface area contributed by atoms with Gasteiger partial charge in [-0.15, -0.1) is 0 Å². The lowest BCUT2D eigenvalue weighted by atomic mass is 10.3. The van der Waals surface area contributed by atoms with Crippen LogP contribution in [0.3, 0.4) is 0 Å². The van der Waals surface area contributed by atoms with E-state index >= 15 is 0 Å². The number of ether oxygens (including phenoxy) is 1. The van der Waals surface area contributed by atoms with Crippen molar-refractivity contribution in [3.8, 4) is 11.8 Å². The van der Waals surface area contributed by atoms with Gasteiger partial charge in [0.25, 0.3) is 0 Å². The Bertz CT molecular complexity index is 205. The van der Waals surface area contributed by atoms with Gasteiger partial charge in [-0.3, -0.25) is 0 Å². The van der Waals surface area contributed by atoms with Crippen LogP contribution in [0, 0.1) is 11.8 Å².